The van der Waals surface area contributed by atoms with Gasteiger partial charge in [-0.15, -0.1) is 0 Å². The average molecular weight is 374 g/mol. The summed E-state index contributed by atoms with van der Waals surface area (Å²) in [6.45, 7) is 0.595. The summed E-state index contributed by atoms with van der Waals surface area (Å²) in [5, 5.41) is 20.4. The molecule has 0 aliphatic carbocycles. The SMILES string of the molecule is O=C(O)CCn1nccc1C(=O)Nc1ccn(Cc2ccccc2Cl)n1. The number of carboxylic acids is 1. The lowest BCUT2D eigenvalue weighted by Crippen LogP contribution is -2.19. The molecular weight excluding hydrogens is 358 g/mol. The van der Waals surface area contributed by atoms with Gasteiger partial charge in [0.25, 0.3) is 5.91 Å². The first kappa shape index (κ1) is 17.7. The Hall–Kier alpha value is -3.13. The van der Waals surface area contributed by atoms with Crippen molar-refractivity contribution in [1.29, 1.82) is 0 Å². The molecule has 134 valence electrons. The van der Waals surface area contributed by atoms with Crippen molar-refractivity contribution in [2.75, 3.05) is 5.32 Å². The van der Waals surface area contributed by atoms with E-state index in [2.05, 4.69) is 15.5 Å². The molecule has 0 fully saturated rings. The fourth-order valence-electron chi connectivity index (χ4n) is 2.40. The molecule has 0 aliphatic heterocycles. The van der Waals surface area contributed by atoms with E-state index in [1.165, 1.54) is 16.9 Å². The summed E-state index contributed by atoms with van der Waals surface area (Å²) in [6.07, 6.45) is 3.07. The van der Waals surface area contributed by atoms with Crippen molar-refractivity contribution in [3.63, 3.8) is 0 Å². The van der Waals surface area contributed by atoms with Crippen molar-refractivity contribution in [2.24, 2.45) is 0 Å². The summed E-state index contributed by atoms with van der Waals surface area (Å²) >= 11 is 6.14. The van der Waals surface area contributed by atoms with Crippen LogP contribution in [0.15, 0.2) is 48.8 Å². The molecule has 1 amide bonds. The van der Waals surface area contributed by atoms with Gasteiger partial charge in [-0.1, -0.05) is 29.8 Å². The fourth-order valence-corrected chi connectivity index (χ4v) is 2.60. The Balaban J connectivity index is 1.66. The van der Waals surface area contributed by atoms with E-state index in [9.17, 15) is 9.59 Å². The van der Waals surface area contributed by atoms with Gasteiger partial charge in [0.1, 0.15) is 5.69 Å². The largest absolute Gasteiger partial charge is 0.481 e. The maximum Gasteiger partial charge on any atom is 0.305 e. The van der Waals surface area contributed by atoms with Crippen LogP contribution in [0.1, 0.15) is 22.5 Å². The van der Waals surface area contributed by atoms with Crippen molar-refractivity contribution >= 4 is 29.3 Å². The zero-order valence-electron chi connectivity index (χ0n) is 13.7. The number of hydrogen-bond acceptors (Lipinski definition) is 4. The van der Waals surface area contributed by atoms with Crippen molar-refractivity contribution in [2.45, 2.75) is 19.5 Å². The first-order valence-electron chi connectivity index (χ1n) is 7.85. The molecule has 0 atom stereocenters. The summed E-state index contributed by atoms with van der Waals surface area (Å²) in [6, 6.07) is 10.7. The lowest BCUT2D eigenvalue weighted by Gasteiger charge is -2.06. The third-order valence-corrected chi connectivity index (χ3v) is 4.03. The second-order valence-corrected chi connectivity index (χ2v) is 5.93. The minimum absolute atomic E-state index is 0.117. The van der Waals surface area contributed by atoms with Crippen LogP contribution < -0.4 is 5.32 Å². The lowest BCUT2D eigenvalue weighted by atomic mass is 10.2. The van der Waals surface area contributed by atoms with Crippen LogP contribution in [0, 0.1) is 0 Å². The number of rotatable bonds is 7. The maximum atomic E-state index is 12.4. The van der Waals surface area contributed by atoms with Gasteiger partial charge in [0.2, 0.25) is 0 Å². The van der Waals surface area contributed by atoms with Crippen LogP contribution in [0.2, 0.25) is 5.02 Å². The number of nitrogens with zero attached hydrogens (tertiary/aromatic N) is 4. The van der Waals surface area contributed by atoms with Crippen molar-refractivity contribution in [1.82, 2.24) is 19.6 Å². The van der Waals surface area contributed by atoms with Crippen LogP contribution in [0.25, 0.3) is 0 Å². The van der Waals surface area contributed by atoms with E-state index in [1.54, 1.807) is 23.0 Å². The highest BCUT2D eigenvalue weighted by Gasteiger charge is 2.14. The predicted octanol–water partition coefficient (Wildman–Crippen LogP) is 2.51. The van der Waals surface area contributed by atoms with E-state index in [1.807, 2.05) is 18.2 Å². The molecule has 2 N–H and O–H groups in total. The van der Waals surface area contributed by atoms with Gasteiger partial charge in [0, 0.05) is 23.5 Å². The van der Waals surface area contributed by atoms with E-state index in [0.717, 1.165) is 5.56 Å². The quantitative estimate of drug-likeness (QED) is 0.662. The summed E-state index contributed by atoms with van der Waals surface area (Å²) in [5.74, 6) is -0.978. The summed E-state index contributed by atoms with van der Waals surface area (Å²) in [5.41, 5.74) is 1.19. The first-order valence-corrected chi connectivity index (χ1v) is 8.22. The number of halogens is 1. The smallest absolute Gasteiger partial charge is 0.305 e. The minimum atomic E-state index is -0.954. The number of nitrogens with one attached hydrogen (secondary N) is 1. The molecule has 9 heteroatoms. The molecule has 1 aromatic carbocycles. The van der Waals surface area contributed by atoms with Crippen molar-refractivity contribution < 1.29 is 14.7 Å². The third kappa shape index (κ3) is 4.28. The van der Waals surface area contributed by atoms with Gasteiger partial charge in [0.05, 0.1) is 19.5 Å². The van der Waals surface area contributed by atoms with Crippen LogP contribution in [0.3, 0.4) is 0 Å². The number of carbonyl (C=O) groups is 2. The molecule has 8 nitrogen and oxygen atoms in total. The van der Waals surface area contributed by atoms with Crippen LogP contribution >= 0.6 is 11.6 Å². The number of amides is 1. The van der Waals surface area contributed by atoms with E-state index >= 15 is 0 Å². The Bertz CT molecular complexity index is 934. The van der Waals surface area contributed by atoms with Crippen LogP contribution in [0.5, 0.6) is 0 Å². The normalized spacial score (nSPS) is 10.7. The highest BCUT2D eigenvalue weighted by atomic mass is 35.5. The number of aliphatic carboxylic acids is 1. The number of anilines is 1. The van der Waals surface area contributed by atoms with Gasteiger partial charge in [0.15, 0.2) is 5.82 Å². The number of benzene rings is 1. The molecule has 0 saturated heterocycles. The standard InChI is InChI=1S/C17H16ClN5O3/c18-13-4-2-1-3-12(13)11-22-9-6-15(21-22)20-17(26)14-5-8-19-23(14)10-7-16(24)25/h1-6,8-9H,7,10-11H2,(H,24,25)(H,20,21,26). The molecule has 3 rings (SSSR count). The van der Waals surface area contributed by atoms with Gasteiger partial charge < -0.3 is 10.4 Å². The predicted molar refractivity (Wildman–Crippen MR) is 95.2 cm³/mol. The topological polar surface area (TPSA) is 102 Å². The Labute approximate surface area is 154 Å². The molecule has 0 aliphatic rings. The summed E-state index contributed by atoms with van der Waals surface area (Å²) in [4.78, 5) is 23.1. The zero-order valence-corrected chi connectivity index (χ0v) is 14.4. The number of carbonyl (C=O) groups excluding carboxylic acids is 1. The number of aromatic nitrogens is 4. The number of aryl methyl sites for hydroxylation is 1. The number of carboxylic acid groups (broad SMARTS) is 1. The van der Waals surface area contributed by atoms with Gasteiger partial charge in [-0.25, -0.2) is 0 Å². The number of hydrogen-bond donors (Lipinski definition) is 2. The highest BCUT2D eigenvalue weighted by Crippen LogP contribution is 2.16. The van der Waals surface area contributed by atoms with Gasteiger partial charge >= 0.3 is 5.97 Å². The fraction of sp³-hybridized carbons (Fsp3) is 0.176. The lowest BCUT2D eigenvalue weighted by molar-refractivity contribution is -0.137. The average Bonchev–Trinajstić information content (AvgIpc) is 3.24. The minimum Gasteiger partial charge on any atom is -0.481 e. The maximum absolute atomic E-state index is 12.4. The zero-order chi connectivity index (χ0) is 18.5. The molecule has 0 spiro atoms. The van der Waals surface area contributed by atoms with Gasteiger partial charge in [-0.3, -0.25) is 19.0 Å². The van der Waals surface area contributed by atoms with Crippen LogP contribution in [-0.4, -0.2) is 36.5 Å². The molecule has 3 aromatic rings. The monoisotopic (exact) mass is 373 g/mol. The van der Waals surface area contributed by atoms with E-state index < -0.39 is 11.9 Å². The Morgan fingerprint density at radius 1 is 1.19 bits per heavy atom. The molecule has 0 radical (unpaired) electrons. The summed E-state index contributed by atoms with van der Waals surface area (Å²) < 4.78 is 3.02. The molecule has 0 saturated carbocycles. The van der Waals surface area contributed by atoms with E-state index in [-0.39, 0.29) is 18.7 Å². The van der Waals surface area contributed by atoms with E-state index in [4.69, 9.17) is 16.7 Å². The Morgan fingerprint density at radius 2 is 2.00 bits per heavy atom. The molecule has 0 bridgehead atoms. The van der Waals surface area contributed by atoms with Gasteiger partial charge in [-0.2, -0.15) is 10.2 Å². The van der Waals surface area contributed by atoms with Crippen LogP contribution in [-0.2, 0) is 17.9 Å². The molecule has 26 heavy (non-hydrogen) atoms. The molecule has 2 aromatic heterocycles. The van der Waals surface area contributed by atoms with E-state index in [0.29, 0.717) is 17.4 Å². The van der Waals surface area contributed by atoms with Crippen molar-refractivity contribution in [3.8, 4) is 0 Å². The Morgan fingerprint density at radius 3 is 2.77 bits per heavy atom. The molecule has 0 unspecified atom stereocenters. The third-order valence-electron chi connectivity index (χ3n) is 3.66. The molecule has 2 heterocycles. The Kier molecular flexibility index (Phi) is 5.33. The summed E-state index contributed by atoms with van der Waals surface area (Å²) in [7, 11) is 0. The van der Waals surface area contributed by atoms with Crippen molar-refractivity contribution in [3.05, 3.63) is 65.1 Å². The molecular formula is C17H16ClN5O3. The van der Waals surface area contributed by atoms with Gasteiger partial charge in [-0.05, 0) is 17.7 Å². The van der Waals surface area contributed by atoms with Crippen LogP contribution in [0.4, 0.5) is 5.82 Å². The highest BCUT2D eigenvalue weighted by molar-refractivity contribution is 6.31. The second-order valence-electron chi connectivity index (χ2n) is 5.53. The second kappa shape index (κ2) is 7.83. The first-order chi connectivity index (χ1) is 12.5.